The molecule has 2 fully saturated rings. The van der Waals surface area contributed by atoms with Crippen LogP contribution in [0.25, 0.3) is 5.57 Å². The lowest BCUT2D eigenvalue weighted by Crippen LogP contribution is -2.57. The molecule has 2 aromatic carbocycles. The van der Waals surface area contributed by atoms with Gasteiger partial charge in [-0.1, -0.05) is 48.4 Å². The van der Waals surface area contributed by atoms with Crippen molar-refractivity contribution in [3.63, 3.8) is 0 Å². The van der Waals surface area contributed by atoms with Crippen LogP contribution in [0, 0.1) is 23.7 Å². The summed E-state index contributed by atoms with van der Waals surface area (Å²) in [5.74, 6) is -2.21. The van der Waals surface area contributed by atoms with E-state index in [-0.39, 0.29) is 22.5 Å². The number of hydrogen-bond acceptors (Lipinski definition) is 5. The van der Waals surface area contributed by atoms with E-state index in [0.717, 1.165) is 31.2 Å². The van der Waals surface area contributed by atoms with Crippen LogP contribution in [0.5, 0.6) is 0 Å². The molecule has 6 rings (SSSR count). The Kier molecular flexibility index (Phi) is 5.22. The van der Waals surface area contributed by atoms with E-state index in [2.05, 4.69) is 6.08 Å². The van der Waals surface area contributed by atoms with Crippen LogP contribution in [0.15, 0.2) is 77.3 Å². The zero-order chi connectivity index (χ0) is 24.3. The lowest BCUT2D eigenvalue weighted by atomic mass is 9.57. The van der Waals surface area contributed by atoms with Gasteiger partial charge in [0.05, 0.1) is 16.9 Å². The number of nitrogens with zero attached hydrogens (tertiary/aromatic N) is 1. The van der Waals surface area contributed by atoms with Crippen LogP contribution in [0.1, 0.15) is 37.7 Å². The third-order valence-electron chi connectivity index (χ3n) is 8.32. The van der Waals surface area contributed by atoms with Gasteiger partial charge in [-0.3, -0.25) is 13.9 Å². The predicted molar refractivity (Wildman–Crippen MR) is 133 cm³/mol. The number of nitrogens with two attached hydrogens (primary N) is 1. The van der Waals surface area contributed by atoms with Gasteiger partial charge in [0, 0.05) is 17.8 Å². The van der Waals surface area contributed by atoms with Crippen LogP contribution in [0.4, 0.5) is 5.69 Å². The second-order valence-corrected chi connectivity index (χ2v) is 12.0. The van der Waals surface area contributed by atoms with E-state index in [4.69, 9.17) is 5.73 Å². The number of rotatable bonds is 3. The lowest BCUT2D eigenvalue weighted by Gasteiger charge is -2.48. The Morgan fingerprint density at radius 3 is 2.40 bits per heavy atom. The highest BCUT2D eigenvalue weighted by Crippen LogP contribution is 2.54. The molecule has 0 amide bonds. The molecule has 1 aliphatic heterocycles. The van der Waals surface area contributed by atoms with Crippen LogP contribution >= 0.6 is 0 Å². The summed E-state index contributed by atoms with van der Waals surface area (Å²) in [6.07, 6.45) is 8.41. The summed E-state index contributed by atoms with van der Waals surface area (Å²) < 4.78 is 29.3. The smallest absolute Gasteiger partial charge is 0.264 e. The fraction of sp³-hybridized carbons (Fsp3) is 0.357. The number of anilines is 1. The van der Waals surface area contributed by atoms with Gasteiger partial charge in [0.15, 0.2) is 0 Å². The molecule has 35 heavy (non-hydrogen) atoms. The molecule has 4 aliphatic rings. The summed E-state index contributed by atoms with van der Waals surface area (Å²) in [6.45, 7) is 0. The quantitative estimate of drug-likeness (QED) is 0.397. The van der Waals surface area contributed by atoms with E-state index in [1.807, 2.05) is 30.3 Å². The highest BCUT2D eigenvalue weighted by molar-refractivity contribution is 7.89. The zero-order valence-corrected chi connectivity index (χ0v) is 20.2. The first-order chi connectivity index (χ1) is 16.9. The van der Waals surface area contributed by atoms with E-state index < -0.39 is 33.7 Å². The number of ketones is 2. The fourth-order valence-electron chi connectivity index (χ4n) is 6.75. The fourth-order valence-corrected chi connectivity index (χ4v) is 8.32. The van der Waals surface area contributed by atoms with Gasteiger partial charge in [0.25, 0.3) is 10.0 Å². The second-order valence-electron chi connectivity index (χ2n) is 10.1. The third-order valence-corrected chi connectivity index (χ3v) is 10.1. The zero-order valence-electron chi connectivity index (χ0n) is 19.3. The summed E-state index contributed by atoms with van der Waals surface area (Å²) in [4.78, 5) is 27.5. The van der Waals surface area contributed by atoms with E-state index in [0.29, 0.717) is 17.7 Å². The Morgan fingerprint density at radius 1 is 0.914 bits per heavy atom. The van der Waals surface area contributed by atoms with Gasteiger partial charge in [0.1, 0.15) is 0 Å². The number of benzene rings is 2. The van der Waals surface area contributed by atoms with E-state index in [1.165, 1.54) is 22.0 Å². The summed E-state index contributed by atoms with van der Waals surface area (Å²) >= 11 is 0. The lowest BCUT2D eigenvalue weighted by molar-refractivity contribution is -0.148. The van der Waals surface area contributed by atoms with Gasteiger partial charge in [-0.2, -0.15) is 0 Å². The molecule has 2 N–H and O–H groups in total. The van der Waals surface area contributed by atoms with Crippen molar-refractivity contribution >= 4 is 32.9 Å². The highest BCUT2D eigenvalue weighted by atomic mass is 32.2. The minimum absolute atomic E-state index is 0.0433. The number of Topliss-reactive ketones (excluding diaryl/α,β-unsaturated/α-hetero) is 2. The topological polar surface area (TPSA) is 97.5 Å². The maximum absolute atomic E-state index is 14.0. The molecule has 6 nitrogen and oxygen atoms in total. The molecular weight excluding hydrogens is 460 g/mol. The summed E-state index contributed by atoms with van der Waals surface area (Å²) in [5, 5.41) is 0. The number of carbonyl (C=O) groups is 2. The van der Waals surface area contributed by atoms with Crippen molar-refractivity contribution in [1.82, 2.24) is 4.31 Å². The van der Waals surface area contributed by atoms with Crippen LogP contribution in [0.3, 0.4) is 0 Å². The van der Waals surface area contributed by atoms with Gasteiger partial charge >= 0.3 is 0 Å². The average molecular weight is 489 g/mol. The monoisotopic (exact) mass is 488 g/mol. The number of carbonyl (C=O) groups excluding carboxylic acids is 2. The number of fused-ring (bicyclic) bond motifs is 5. The first-order valence-electron chi connectivity index (χ1n) is 12.3. The first kappa shape index (κ1) is 22.3. The van der Waals surface area contributed by atoms with Gasteiger partial charge in [-0.25, -0.2) is 8.42 Å². The number of hydrogen-bond donors (Lipinski definition) is 1. The minimum Gasteiger partial charge on any atom is -0.399 e. The van der Waals surface area contributed by atoms with Crippen LogP contribution in [-0.4, -0.2) is 30.3 Å². The number of sulfonamides is 1. The van der Waals surface area contributed by atoms with Crippen molar-refractivity contribution in [1.29, 1.82) is 0 Å². The SMILES string of the molecule is Nc1ccc(S(=O)(=O)N2C=C(c3ccccc3)C3C(=O)C(=O)C4C5CCCCC5=CCC4C32)cc1. The van der Waals surface area contributed by atoms with E-state index in [9.17, 15) is 18.0 Å². The minimum atomic E-state index is -3.97. The van der Waals surface area contributed by atoms with Gasteiger partial charge < -0.3 is 5.73 Å². The molecule has 3 aliphatic carbocycles. The Bertz CT molecular complexity index is 1360. The van der Waals surface area contributed by atoms with Crippen molar-refractivity contribution in [3.8, 4) is 0 Å². The summed E-state index contributed by atoms with van der Waals surface area (Å²) in [6, 6.07) is 14.8. The Morgan fingerprint density at radius 2 is 1.66 bits per heavy atom. The van der Waals surface area contributed by atoms with Crippen molar-refractivity contribution in [3.05, 3.63) is 78.0 Å². The normalized spacial score (nSPS) is 30.2. The molecule has 2 saturated carbocycles. The maximum atomic E-state index is 14.0. The van der Waals surface area contributed by atoms with Crippen LogP contribution < -0.4 is 5.73 Å². The van der Waals surface area contributed by atoms with Gasteiger partial charge in [0.2, 0.25) is 11.6 Å². The average Bonchev–Trinajstić information content (AvgIpc) is 3.29. The molecule has 0 radical (unpaired) electrons. The Balaban J connectivity index is 1.51. The number of nitrogen functional groups attached to an aromatic ring is 1. The number of allylic oxidation sites excluding steroid dienone is 2. The summed E-state index contributed by atoms with van der Waals surface area (Å²) in [5.41, 5.74) is 8.92. The largest absolute Gasteiger partial charge is 0.399 e. The molecule has 5 unspecified atom stereocenters. The van der Waals surface area contributed by atoms with Crippen LogP contribution in [-0.2, 0) is 19.6 Å². The molecule has 2 aromatic rings. The standard InChI is InChI=1S/C28H28N2O4S/c29-19-11-13-20(14-12-19)35(33,34)30-16-23(17-6-2-1-3-7-17)25-26(30)22-15-10-18-8-4-5-9-21(18)24(22)27(31)28(25)32/h1-3,6-7,10-14,16,21-22,24-26H,4-5,8-9,15,29H2. The van der Waals surface area contributed by atoms with Gasteiger partial charge in [-0.15, -0.1) is 0 Å². The first-order valence-corrected chi connectivity index (χ1v) is 13.7. The van der Waals surface area contributed by atoms with Crippen molar-refractivity contribution in [2.24, 2.45) is 23.7 Å². The molecular formula is C28H28N2O4S. The molecule has 5 atom stereocenters. The molecule has 0 bridgehead atoms. The van der Waals surface area contributed by atoms with Crippen molar-refractivity contribution in [2.75, 3.05) is 5.73 Å². The second kappa shape index (κ2) is 8.19. The molecule has 0 aromatic heterocycles. The van der Waals surface area contributed by atoms with Gasteiger partial charge in [-0.05, 0) is 72.9 Å². The highest BCUT2D eigenvalue weighted by Gasteiger charge is 2.59. The molecule has 0 spiro atoms. The summed E-state index contributed by atoms with van der Waals surface area (Å²) in [7, 11) is -3.97. The molecule has 7 heteroatoms. The molecule has 0 saturated heterocycles. The Hall–Kier alpha value is -3.19. The molecule has 1 heterocycles. The maximum Gasteiger partial charge on any atom is 0.264 e. The van der Waals surface area contributed by atoms with E-state index in [1.54, 1.807) is 18.3 Å². The Labute approximate surface area is 205 Å². The van der Waals surface area contributed by atoms with E-state index >= 15 is 0 Å². The molecule has 180 valence electrons. The van der Waals surface area contributed by atoms with Crippen molar-refractivity contribution < 1.29 is 18.0 Å². The van der Waals surface area contributed by atoms with Crippen LogP contribution in [0.2, 0.25) is 0 Å². The third kappa shape index (κ3) is 3.39. The van der Waals surface area contributed by atoms with Crippen molar-refractivity contribution in [2.45, 2.75) is 43.0 Å². The predicted octanol–water partition coefficient (Wildman–Crippen LogP) is 4.20.